The largest absolute Gasteiger partial charge is 0.495 e. The lowest BCUT2D eigenvalue weighted by atomic mass is 10.1. The van der Waals surface area contributed by atoms with Crippen LogP contribution in [0.5, 0.6) is 5.75 Å². The highest BCUT2D eigenvalue weighted by Gasteiger charge is 2.35. The molecule has 4 rings (SSSR count). The van der Waals surface area contributed by atoms with Crippen molar-refractivity contribution in [2.45, 2.75) is 31.7 Å². The van der Waals surface area contributed by atoms with Gasteiger partial charge in [0, 0.05) is 40.3 Å². The normalized spacial score (nSPS) is 14.2. The van der Waals surface area contributed by atoms with E-state index in [1.807, 2.05) is 12.1 Å². The van der Waals surface area contributed by atoms with E-state index in [9.17, 15) is 14.0 Å². The fraction of sp³-hybridized carbons (Fsp3) is 0.393. The zero-order valence-corrected chi connectivity index (χ0v) is 24.5. The minimum absolute atomic E-state index is 0.0416. The van der Waals surface area contributed by atoms with Crippen molar-refractivity contribution >= 4 is 31.5 Å². The van der Waals surface area contributed by atoms with Crippen LogP contribution in [0.1, 0.15) is 11.6 Å². The molecule has 3 amide bonds. The van der Waals surface area contributed by atoms with Crippen LogP contribution < -0.4 is 19.9 Å². The number of carbonyl (C=O) groups is 2. The highest BCUT2D eigenvalue weighted by Crippen LogP contribution is 2.35. The predicted molar refractivity (Wildman–Crippen MR) is 153 cm³/mol. The number of anilines is 2. The summed E-state index contributed by atoms with van der Waals surface area (Å²) in [6.45, 7) is 7.20. The third-order valence-electron chi connectivity index (χ3n) is 6.55. The van der Waals surface area contributed by atoms with Crippen LogP contribution in [-0.2, 0) is 14.3 Å². The molecule has 12 heteroatoms. The van der Waals surface area contributed by atoms with E-state index >= 15 is 0 Å². The first kappa shape index (κ1) is 29.2. The summed E-state index contributed by atoms with van der Waals surface area (Å²) in [7, 11) is 1.70. The van der Waals surface area contributed by atoms with Crippen molar-refractivity contribution in [1.29, 1.82) is 0 Å². The topological polar surface area (TPSA) is 98.2 Å². The van der Waals surface area contributed by atoms with Gasteiger partial charge in [-0.1, -0.05) is 25.7 Å². The second-order valence-corrected chi connectivity index (χ2v) is 16.4. The van der Waals surface area contributed by atoms with Gasteiger partial charge < -0.3 is 24.1 Å². The van der Waals surface area contributed by atoms with Crippen LogP contribution in [0.25, 0.3) is 5.69 Å². The van der Waals surface area contributed by atoms with E-state index in [1.165, 1.54) is 36.3 Å². The Labute approximate surface area is 234 Å². The van der Waals surface area contributed by atoms with Gasteiger partial charge in [-0.05, 0) is 35.9 Å². The fourth-order valence-corrected chi connectivity index (χ4v) is 5.04. The van der Waals surface area contributed by atoms with Crippen LogP contribution >= 0.6 is 0 Å². The first-order valence-corrected chi connectivity index (χ1v) is 16.7. The minimum atomic E-state index is -1.30. The first-order chi connectivity index (χ1) is 19.1. The zero-order valence-electron chi connectivity index (χ0n) is 23.5. The number of methoxy groups -OCH3 is 2. The number of nitrogens with zero attached hydrogens (tertiary/aromatic N) is 4. The molecular weight excluding hydrogens is 533 g/mol. The number of aromatic nitrogens is 2. The summed E-state index contributed by atoms with van der Waals surface area (Å²) < 4.78 is 33.2. The number of pyridine rings is 1. The monoisotopic (exact) mass is 569 g/mol. The maximum Gasteiger partial charge on any atom is 0.324 e. The van der Waals surface area contributed by atoms with E-state index in [2.05, 4.69) is 29.9 Å². The van der Waals surface area contributed by atoms with Gasteiger partial charge in [-0.15, -0.1) is 0 Å². The molecule has 1 aliphatic rings. The van der Waals surface area contributed by atoms with Gasteiger partial charge in [-0.3, -0.25) is 14.6 Å². The molecule has 1 atom stereocenters. The number of carbonyl (C=O) groups excluding carboxylic acids is 2. The molecule has 3 heterocycles. The highest BCUT2D eigenvalue weighted by atomic mass is 28.3. The molecule has 1 N–H and O–H groups in total. The van der Waals surface area contributed by atoms with Crippen molar-refractivity contribution in [2.24, 2.45) is 0 Å². The van der Waals surface area contributed by atoms with Crippen molar-refractivity contribution in [1.82, 2.24) is 14.9 Å². The molecule has 10 nitrogen and oxygen atoms in total. The maximum atomic E-state index is 15.0. The van der Waals surface area contributed by atoms with Crippen molar-refractivity contribution in [3.05, 3.63) is 66.4 Å². The maximum absolute atomic E-state index is 15.0. The molecule has 0 saturated carbocycles. The number of rotatable bonds is 11. The Bertz CT molecular complexity index is 1330. The molecule has 2 aromatic heterocycles. The predicted octanol–water partition coefficient (Wildman–Crippen LogP) is 4.58. The standard InChI is InChI=1S/C28H36FN5O5Si/c1-37-18-23(20-8-9-24(22(29)14-20)32-10-6-7-11-32)31-28(36)33-17-26(35)34(19-39-12-13-40(3,4)5)25-15-21(38-2)16-30-27(25)33/h6-11,14-16,23H,12-13,17-19H2,1-5H3,(H,31,36). The van der Waals surface area contributed by atoms with E-state index in [1.54, 1.807) is 35.2 Å². The Morgan fingerprint density at radius 1 is 1.15 bits per heavy atom. The molecule has 1 aromatic carbocycles. The summed E-state index contributed by atoms with van der Waals surface area (Å²) in [5, 5.41) is 2.88. The summed E-state index contributed by atoms with van der Waals surface area (Å²) in [5.74, 6) is -0.0365. The Hall–Kier alpha value is -3.74. The van der Waals surface area contributed by atoms with Gasteiger partial charge in [-0.2, -0.15) is 0 Å². The number of amides is 3. The van der Waals surface area contributed by atoms with Gasteiger partial charge in [0.1, 0.15) is 24.8 Å². The van der Waals surface area contributed by atoms with Crippen LogP contribution in [0.4, 0.5) is 20.7 Å². The fourth-order valence-electron chi connectivity index (χ4n) is 4.28. The summed E-state index contributed by atoms with van der Waals surface area (Å²) in [6, 6.07) is 9.75. The van der Waals surface area contributed by atoms with Crippen LogP contribution in [0, 0.1) is 5.82 Å². The third-order valence-corrected chi connectivity index (χ3v) is 8.25. The van der Waals surface area contributed by atoms with Crippen molar-refractivity contribution in [2.75, 3.05) is 50.5 Å². The first-order valence-electron chi connectivity index (χ1n) is 13.0. The van der Waals surface area contributed by atoms with Crippen molar-refractivity contribution in [3.8, 4) is 11.4 Å². The summed E-state index contributed by atoms with van der Waals surface area (Å²) >= 11 is 0. The zero-order chi connectivity index (χ0) is 28.9. The lowest BCUT2D eigenvalue weighted by Crippen LogP contribution is -2.53. The van der Waals surface area contributed by atoms with E-state index in [0.717, 1.165) is 6.04 Å². The summed E-state index contributed by atoms with van der Waals surface area (Å²) in [4.78, 5) is 33.9. The molecule has 0 fully saturated rings. The summed E-state index contributed by atoms with van der Waals surface area (Å²) in [6.07, 6.45) is 4.99. The highest BCUT2D eigenvalue weighted by molar-refractivity contribution is 6.76. The van der Waals surface area contributed by atoms with Gasteiger partial charge in [0.15, 0.2) is 5.82 Å². The molecular formula is C28H36FN5O5Si. The molecule has 0 spiro atoms. The van der Waals surface area contributed by atoms with Crippen LogP contribution in [0.15, 0.2) is 55.0 Å². The number of hydrogen-bond acceptors (Lipinski definition) is 6. The lowest BCUT2D eigenvalue weighted by molar-refractivity contribution is -0.118. The van der Waals surface area contributed by atoms with Gasteiger partial charge in [0.25, 0.3) is 0 Å². The van der Waals surface area contributed by atoms with Crippen LogP contribution in [0.3, 0.4) is 0 Å². The number of benzene rings is 1. The second kappa shape index (κ2) is 12.6. The Morgan fingerprint density at radius 3 is 2.55 bits per heavy atom. The third kappa shape index (κ3) is 6.87. The number of nitrogens with one attached hydrogen (secondary N) is 1. The molecule has 0 aliphatic carbocycles. The quantitative estimate of drug-likeness (QED) is 0.268. The van der Waals surface area contributed by atoms with Gasteiger partial charge in [0.2, 0.25) is 5.91 Å². The van der Waals surface area contributed by atoms with E-state index < -0.39 is 26.0 Å². The molecule has 0 saturated heterocycles. The van der Waals surface area contributed by atoms with Gasteiger partial charge in [0.05, 0.1) is 37.3 Å². The Kier molecular flexibility index (Phi) is 9.23. The average molecular weight is 570 g/mol. The number of urea groups is 1. The molecule has 40 heavy (non-hydrogen) atoms. The smallest absolute Gasteiger partial charge is 0.324 e. The SMILES string of the molecule is COCC(NC(=O)N1CC(=O)N(COCC[Si](C)(C)C)c2cc(OC)cnc21)c1ccc(-n2cccc2)c(F)c1. The lowest BCUT2D eigenvalue weighted by Gasteiger charge is -2.35. The summed E-state index contributed by atoms with van der Waals surface area (Å²) in [5.41, 5.74) is 1.31. The average Bonchev–Trinajstić information content (AvgIpc) is 3.45. The number of halogens is 1. The number of ether oxygens (including phenoxy) is 3. The second-order valence-electron chi connectivity index (χ2n) is 10.7. The van der Waals surface area contributed by atoms with Crippen LogP contribution in [-0.4, -0.2) is 70.3 Å². The molecule has 1 unspecified atom stereocenters. The van der Waals surface area contributed by atoms with Gasteiger partial charge >= 0.3 is 6.03 Å². The van der Waals surface area contributed by atoms with E-state index in [4.69, 9.17) is 14.2 Å². The molecule has 1 aliphatic heterocycles. The van der Waals surface area contributed by atoms with Gasteiger partial charge in [-0.25, -0.2) is 14.2 Å². The number of fused-ring (bicyclic) bond motifs is 1. The molecule has 3 aromatic rings. The molecule has 0 radical (unpaired) electrons. The molecule has 0 bridgehead atoms. The Balaban J connectivity index is 1.55. The van der Waals surface area contributed by atoms with Crippen molar-refractivity contribution < 1.29 is 28.2 Å². The van der Waals surface area contributed by atoms with E-state index in [-0.39, 0.29) is 31.6 Å². The number of hydrogen-bond donors (Lipinski definition) is 1. The van der Waals surface area contributed by atoms with Crippen LogP contribution in [0.2, 0.25) is 25.7 Å². The molecule has 214 valence electrons. The Morgan fingerprint density at radius 2 is 1.90 bits per heavy atom. The minimum Gasteiger partial charge on any atom is -0.495 e. The van der Waals surface area contributed by atoms with E-state index in [0.29, 0.717) is 29.3 Å². The van der Waals surface area contributed by atoms with Crippen molar-refractivity contribution in [3.63, 3.8) is 0 Å².